The average molecular weight is 459 g/mol. The normalized spacial score (nSPS) is 10.4. The molecule has 4 aromatic rings. The van der Waals surface area contributed by atoms with E-state index in [2.05, 4.69) is 20.4 Å². The summed E-state index contributed by atoms with van der Waals surface area (Å²) in [5.74, 6) is 0.771. The van der Waals surface area contributed by atoms with Gasteiger partial charge >= 0.3 is 0 Å². The predicted molar refractivity (Wildman–Crippen MR) is 122 cm³/mol. The van der Waals surface area contributed by atoms with Gasteiger partial charge in [0.2, 0.25) is 5.76 Å². The summed E-state index contributed by atoms with van der Waals surface area (Å²) in [5.41, 5.74) is 1.80. The van der Waals surface area contributed by atoms with Gasteiger partial charge < -0.3 is 19.6 Å². The van der Waals surface area contributed by atoms with Gasteiger partial charge in [0.15, 0.2) is 5.16 Å². The lowest BCUT2D eigenvalue weighted by Gasteiger charge is -2.09. The van der Waals surface area contributed by atoms with Crippen molar-refractivity contribution in [2.75, 3.05) is 12.4 Å². The van der Waals surface area contributed by atoms with Crippen LogP contribution in [0.2, 0.25) is 0 Å². The van der Waals surface area contributed by atoms with Crippen LogP contribution < -0.4 is 15.6 Å². The zero-order valence-corrected chi connectivity index (χ0v) is 18.2. The van der Waals surface area contributed by atoms with Gasteiger partial charge in [-0.25, -0.2) is 4.98 Å². The third-order valence-electron chi connectivity index (χ3n) is 4.57. The standard InChI is InChI=1S/C23H17N5O4S/c1-31-17-7-3-5-15(11-17)20-18(12-24)21(29)28-23(27-20)33-13-14-4-2-6-16(10-14)26-22(30)19-8-9-25-32-19/h2-11H,13H2,1H3,(H,26,30)(H,27,28,29). The number of thioether (sulfide) groups is 1. The number of anilines is 1. The number of ether oxygens (including phenoxy) is 1. The molecule has 0 radical (unpaired) electrons. The van der Waals surface area contributed by atoms with E-state index in [1.807, 2.05) is 24.3 Å². The number of hydrogen-bond donors (Lipinski definition) is 2. The van der Waals surface area contributed by atoms with Crippen LogP contribution in [0.15, 0.2) is 75.3 Å². The van der Waals surface area contributed by atoms with E-state index >= 15 is 0 Å². The lowest BCUT2D eigenvalue weighted by molar-refractivity contribution is 0.0988. The van der Waals surface area contributed by atoms with Crippen LogP contribution in [0.4, 0.5) is 5.69 Å². The molecule has 10 heteroatoms. The Kier molecular flexibility index (Phi) is 6.52. The van der Waals surface area contributed by atoms with E-state index in [9.17, 15) is 14.9 Å². The van der Waals surface area contributed by atoms with E-state index in [-0.39, 0.29) is 17.0 Å². The molecule has 0 aliphatic heterocycles. The van der Waals surface area contributed by atoms with Crippen LogP contribution in [0.3, 0.4) is 0 Å². The van der Waals surface area contributed by atoms with Crippen LogP contribution in [0.25, 0.3) is 11.3 Å². The van der Waals surface area contributed by atoms with Crippen molar-refractivity contribution >= 4 is 23.4 Å². The summed E-state index contributed by atoms with van der Waals surface area (Å²) in [5, 5.41) is 16.1. The van der Waals surface area contributed by atoms with Gasteiger partial charge in [0, 0.05) is 23.1 Å². The van der Waals surface area contributed by atoms with Crippen molar-refractivity contribution in [3.8, 4) is 23.1 Å². The van der Waals surface area contributed by atoms with Crippen molar-refractivity contribution in [1.29, 1.82) is 5.26 Å². The smallest absolute Gasteiger partial charge is 0.294 e. The molecule has 0 fully saturated rings. The lowest BCUT2D eigenvalue weighted by atomic mass is 10.1. The van der Waals surface area contributed by atoms with Crippen molar-refractivity contribution in [2.24, 2.45) is 0 Å². The monoisotopic (exact) mass is 459 g/mol. The van der Waals surface area contributed by atoms with Gasteiger partial charge in [-0.3, -0.25) is 9.59 Å². The summed E-state index contributed by atoms with van der Waals surface area (Å²) < 4.78 is 10.1. The van der Waals surface area contributed by atoms with Crippen molar-refractivity contribution in [2.45, 2.75) is 10.9 Å². The Bertz CT molecular complexity index is 1390. The first-order chi connectivity index (χ1) is 16.1. The van der Waals surface area contributed by atoms with Gasteiger partial charge in [0.05, 0.1) is 19.0 Å². The van der Waals surface area contributed by atoms with Gasteiger partial charge in [-0.15, -0.1) is 0 Å². The Labute approximate surface area is 192 Å². The summed E-state index contributed by atoms with van der Waals surface area (Å²) in [6.45, 7) is 0. The number of hydrogen-bond acceptors (Lipinski definition) is 8. The maximum atomic E-state index is 12.5. The molecule has 4 rings (SSSR count). The molecular weight excluding hydrogens is 442 g/mol. The molecule has 164 valence electrons. The Morgan fingerprint density at radius 3 is 2.85 bits per heavy atom. The van der Waals surface area contributed by atoms with Crippen LogP contribution in [0.5, 0.6) is 5.75 Å². The number of H-pyrrole nitrogens is 1. The first-order valence-electron chi connectivity index (χ1n) is 9.70. The fourth-order valence-corrected chi connectivity index (χ4v) is 3.82. The molecule has 2 heterocycles. The fraction of sp³-hybridized carbons (Fsp3) is 0.0870. The number of benzene rings is 2. The topological polar surface area (TPSA) is 134 Å². The average Bonchev–Trinajstić information content (AvgIpc) is 3.38. The Morgan fingerprint density at radius 2 is 2.09 bits per heavy atom. The Morgan fingerprint density at radius 1 is 1.24 bits per heavy atom. The molecule has 1 amide bonds. The maximum absolute atomic E-state index is 12.5. The summed E-state index contributed by atoms with van der Waals surface area (Å²) >= 11 is 1.30. The largest absolute Gasteiger partial charge is 0.497 e. The Hall–Kier alpha value is -4.36. The molecule has 2 aromatic heterocycles. The van der Waals surface area contributed by atoms with Crippen LogP contribution in [-0.2, 0) is 5.75 Å². The zero-order chi connectivity index (χ0) is 23.2. The summed E-state index contributed by atoms with van der Waals surface area (Å²) in [6, 6.07) is 17.7. The molecule has 0 spiro atoms. The number of aromatic amines is 1. The highest BCUT2D eigenvalue weighted by Crippen LogP contribution is 2.27. The minimum absolute atomic E-state index is 0.0651. The molecule has 9 nitrogen and oxygen atoms in total. The lowest BCUT2D eigenvalue weighted by Crippen LogP contribution is -2.14. The molecule has 33 heavy (non-hydrogen) atoms. The number of nitriles is 1. The number of nitrogens with one attached hydrogen (secondary N) is 2. The van der Waals surface area contributed by atoms with E-state index < -0.39 is 11.5 Å². The minimum atomic E-state index is -0.513. The number of methoxy groups -OCH3 is 1. The number of amides is 1. The van der Waals surface area contributed by atoms with E-state index in [0.29, 0.717) is 27.9 Å². The number of nitrogens with zero attached hydrogens (tertiary/aromatic N) is 3. The molecule has 0 unspecified atom stereocenters. The molecule has 0 bridgehead atoms. The van der Waals surface area contributed by atoms with E-state index in [0.717, 1.165) is 5.56 Å². The van der Waals surface area contributed by atoms with Gasteiger partial charge in [-0.2, -0.15) is 5.26 Å². The number of aromatic nitrogens is 3. The number of rotatable bonds is 7. The molecule has 2 N–H and O–H groups in total. The SMILES string of the molecule is COc1cccc(-c2nc(SCc3cccc(NC(=O)c4ccno4)c3)[nH]c(=O)c2C#N)c1. The highest BCUT2D eigenvalue weighted by molar-refractivity contribution is 7.98. The third kappa shape index (κ3) is 5.11. The molecule has 0 aliphatic carbocycles. The van der Waals surface area contributed by atoms with Crippen molar-refractivity contribution in [1.82, 2.24) is 15.1 Å². The summed E-state index contributed by atoms with van der Waals surface area (Å²) in [6.07, 6.45) is 1.40. The zero-order valence-electron chi connectivity index (χ0n) is 17.4. The first-order valence-corrected chi connectivity index (χ1v) is 10.7. The highest BCUT2D eigenvalue weighted by atomic mass is 32.2. The van der Waals surface area contributed by atoms with Crippen LogP contribution >= 0.6 is 11.8 Å². The second-order valence-corrected chi connectivity index (χ2v) is 7.72. The second kappa shape index (κ2) is 9.84. The van der Waals surface area contributed by atoms with E-state index in [4.69, 9.17) is 9.26 Å². The third-order valence-corrected chi connectivity index (χ3v) is 5.52. The molecule has 0 saturated carbocycles. The van der Waals surface area contributed by atoms with Gasteiger partial charge in [-0.05, 0) is 29.8 Å². The van der Waals surface area contributed by atoms with E-state index in [1.165, 1.54) is 24.0 Å². The first kappa shape index (κ1) is 21.9. The van der Waals surface area contributed by atoms with Crippen molar-refractivity contribution in [3.05, 3.63) is 88.0 Å². The summed E-state index contributed by atoms with van der Waals surface area (Å²) in [7, 11) is 1.54. The van der Waals surface area contributed by atoms with Gasteiger partial charge in [0.25, 0.3) is 11.5 Å². The molecule has 0 saturated heterocycles. The van der Waals surface area contributed by atoms with Gasteiger partial charge in [-0.1, -0.05) is 41.2 Å². The highest BCUT2D eigenvalue weighted by Gasteiger charge is 2.15. The minimum Gasteiger partial charge on any atom is -0.497 e. The van der Waals surface area contributed by atoms with Crippen LogP contribution in [-0.4, -0.2) is 28.1 Å². The van der Waals surface area contributed by atoms with Crippen LogP contribution in [0, 0.1) is 11.3 Å². The fourth-order valence-electron chi connectivity index (χ4n) is 3.02. The molecule has 2 aromatic carbocycles. The van der Waals surface area contributed by atoms with E-state index in [1.54, 1.807) is 37.4 Å². The Balaban J connectivity index is 1.54. The second-order valence-electron chi connectivity index (χ2n) is 6.76. The number of carbonyl (C=O) groups is 1. The van der Waals surface area contributed by atoms with Crippen molar-refractivity contribution < 1.29 is 14.1 Å². The van der Waals surface area contributed by atoms with Crippen molar-refractivity contribution in [3.63, 3.8) is 0 Å². The quantitative estimate of drug-likeness (QED) is 0.314. The predicted octanol–water partition coefficient (Wildman–Crippen LogP) is 3.85. The maximum Gasteiger partial charge on any atom is 0.294 e. The molecular formula is C23H17N5O4S. The summed E-state index contributed by atoms with van der Waals surface area (Å²) in [4.78, 5) is 31.8. The molecule has 0 atom stereocenters. The molecule has 0 aliphatic rings. The van der Waals surface area contributed by atoms with Gasteiger partial charge in [0.1, 0.15) is 17.4 Å². The van der Waals surface area contributed by atoms with Crippen LogP contribution in [0.1, 0.15) is 21.7 Å². The number of carbonyl (C=O) groups excluding carboxylic acids is 1.